The SMILES string of the molecule is O=CCCc1cccc(Cl)n1. The number of aromatic nitrogens is 1. The van der Waals surface area contributed by atoms with Gasteiger partial charge in [0, 0.05) is 12.1 Å². The third kappa shape index (κ3) is 2.68. The standard InChI is InChI=1S/C8H8ClNO/c9-8-5-1-3-7(10-8)4-2-6-11/h1,3,5-6H,2,4H2. The van der Waals surface area contributed by atoms with Crippen molar-refractivity contribution in [1.82, 2.24) is 4.98 Å². The van der Waals surface area contributed by atoms with E-state index in [4.69, 9.17) is 11.6 Å². The number of carbonyl (C=O) groups is 1. The molecule has 0 bridgehead atoms. The molecule has 0 unspecified atom stereocenters. The summed E-state index contributed by atoms with van der Waals surface area (Å²) < 4.78 is 0. The topological polar surface area (TPSA) is 30.0 Å². The Morgan fingerprint density at radius 2 is 2.36 bits per heavy atom. The summed E-state index contributed by atoms with van der Waals surface area (Å²) in [5.74, 6) is 0. The molecule has 0 fully saturated rings. The molecule has 0 saturated heterocycles. The summed E-state index contributed by atoms with van der Waals surface area (Å²) >= 11 is 5.62. The van der Waals surface area contributed by atoms with Gasteiger partial charge in [0.25, 0.3) is 0 Å². The molecule has 2 nitrogen and oxygen atoms in total. The van der Waals surface area contributed by atoms with Crippen LogP contribution in [0.25, 0.3) is 0 Å². The van der Waals surface area contributed by atoms with Crippen molar-refractivity contribution in [3.05, 3.63) is 29.0 Å². The first-order chi connectivity index (χ1) is 5.33. The lowest BCUT2D eigenvalue weighted by molar-refractivity contribution is -0.107. The van der Waals surface area contributed by atoms with Gasteiger partial charge in [-0.05, 0) is 18.6 Å². The lowest BCUT2D eigenvalue weighted by Gasteiger charge is -1.95. The zero-order valence-electron chi connectivity index (χ0n) is 5.96. The molecule has 0 N–H and O–H groups in total. The number of pyridine rings is 1. The summed E-state index contributed by atoms with van der Waals surface area (Å²) in [6, 6.07) is 5.40. The van der Waals surface area contributed by atoms with E-state index < -0.39 is 0 Å². The van der Waals surface area contributed by atoms with Crippen molar-refractivity contribution < 1.29 is 4.79 Å². The van der Waals surface area contributed by atoms with E-state index in [2.05, 4.69) is 4.98 Å². The van der Waals surface area contributed by atoms with E-state index in [1.807, 2.05) is 12.1 Å². The molecule has 0 aliphatic heterocycles. The minimum Gasteiger partial charge on any atom is -0.303 e. The number of nitrogens with zero attached hydrogens (tertiary/aromatic N) is 1. The van der Waals surface area contributed by atoms with Gasteiger partial charge in [0.1, 0.15) is 11.4 Å². The molecule has 11 heavy (non-hydrogen) atoms. The molecule has 0 amide bonds. The number of aryl methyl sites for hydroxylation is 1. The zero-order valence-corrected chi connectivity index (χ0v) is 6.71. The van der Waals surface area contributed by atoms with Gasteiger partial charge in [0.15, 0.2) is 0 Å². The predicted octanol–water partition coefficient (Wildman–Crippen LogP) is 1.87. The molecule has 0 radical (unpaired) electrons. The van der Waals surface area contributed by atoms with Gasteiger partial charge >= 0.3 is 0 Å². The van der Waals surface area contributed by atoms with Crippen molar-refractivity contribution in [2.45, 2.75) is 12.8 Å². The summed E-state index contributed by atoms with van der Waals surface area (Å²) in [4.78, 5) is 14.0. The lowest BCUT2D eigenvalue weighted by atomic mass is 10.2. The van der Waals surface area contributed by atoms with Crippen molar-refractivity contribution in [2.24, 2.45) is 0 Å². The highest BCUT2D eigenvalue weighted by atomic mass is 35.5. The number of halogens is 1. The van der Waals surface area contributed by atoms with Crippen LogP contribution in [0, 0.1) is 0 Å². The van der Waals surface area contributed by atoms with E-state index in [1.54, 1.807) is 6.07 Å². The van der Waals surface area contributed by atoms with Gasteiger partial charge < -0.3 is 4.79 Å². The van der Waals surface area contributed by atoms with E-state index in [1.165, 1.54) is 0 Å². The first kappa shape index (κ1) is 8.21. The summed E-state index contributed by atoms with van der Waals surface area (Å²) in [5.41, 5.74) is 0.865. The van der Waals surface area contributed by atoms with Crippen molar-refractivity contribution in [1.29, 1.82) is 0 Å². The Labute approximate surface area is 70.2 Å². The molecule has 1 heterocycles. The molecule has 0 aliphatic rings. The first-order valence-electron chi connectivity index (χ1n) is 3.38. The minimum absolute atomic E-state index is 0.480. The molecule has 1 aromatic heterocycles. The van der Waals surface area contributed by atoms with E-state index in [9.17, 15) is 4.79 Å². The number of aldehydes is 1. The maximum absolute atomic E-state index is 10.0. The van der Waals surface area contributed by atoms with Gasteiger partial charge in [0.05, 0.1) is 0 Å². The van der Waals surface area contributed by atoms with E-state index >= 15 is 0 Å². The Kier molecular flexibility index (Phi) is 3.05. The van der Waals surface area contributed by atoms with Gasteiger partial charge in [0.2, 0.25) is 0 Å². The molecule has 0 aliphatic carbocycles. The Hall–Kier alpha value is -0.890. The summed E-state index contributed by atoms with van der Waals surface area (Å²) in [6.45, 7) is 0. The number of hydrogen-bond acceptors (Lipinski definition) is 2. The largest absolute Gasteiger partial charge is 0.303 e. The Balaban J connectivity index is 2.63. The Morgan fingerprint density at radius 1 is 1.55 bits per heavy atom. The average Bonchev–Trinajstić information content (AvgIpc) is 2.01. The second-order valence-corrected chi connectivity index (χ2v) is 2.54. The van der Waals surface area contributed by atoms with Crippen LogP contribution in [0.2, 0.25) is 5.15 Å². The van der Waals surface area contributed by atoms with Crippen molar-refractivity contribution in [2.75, 3.05) is 0 Å². The van der Waals surface area contributed by atoms with Crippen LogP contribution in [-0.2, 0) is 11.2 Å². The third-order valence-corrected chi connectivity index (χ3v) is 1.50. The van der Waals surface area contributed by atoms with E-state index in [0.717, 1.165) is 12.0 Å². The normalized spacial score (nSPS) is 9.55. The predicted molar refractivity (Wildman–Crippen MR) is 43.6 cm³/mol. The second-order valence-electron chi connectivity index (χ2n) is 2.16. The lowest BCUT2D eigenvalue weighted by Crippen LogP contribution is -1.89. The molecule has 0 saturated carbocycles. The molecule has 0 spiro atoms. The molecule has 1 aromatic rings. The Morgan fingerprint density at radius 3 is 3.00 bits per heavy atom. The maximum Gasteiger partial charge on any atom is 0.129 e. The summed E-state index contributed by atoms with van der Waals surface area (Å²) in [5, 5.41) is 0.480. The molecule has 0 atom stereocenters. The second kappa shape index (κ2) is 4.09. The summed E-state index contributed by atoms with van der Waals surface area (Å²) in [7, 11) is 0. The Bertz CT molecular complexity index is 250. The van der Waals surface area contributed by atoms with Gasteiger partial charge in [-0.2, -0.15) is 0 Å². The fraction of sp³-hybridized carbons (Fsp3) is 0.250. The highest BCUT2D eigenvalue weighted by molar-refractivity contribution is 6.29. The molecule has 3 heteroatoms. The van der Waals surface area contributed by atoms with Gasteiger partial charge in [-0.15, -0.1) is 0 Å². The van der Waals surface area contributed by atoms with Crippen LogP contribution >= 0.6 is 11.6 Å². The van der Waals surface area contributed by atoms with Crippen LogP contribution in [-0.4, -0.2) is 11.3 Å². The van der Waals surface area contributed by atoms with Crippen molar-refractivity contribution in [3.63, 3.8) is 0 Å². The van der Waals surface area contributed by atoms with Crippen LogP contribution in [0.1, 0.15) is 12.1 Å². The van der Waals surface area contributed by atoms with E-state index in [0.29, 0.717) is 18.0 Å². The average molecular weight is 170 g/mol. The van der Waals surface area contributed by atoms with Crippen LogP contribution in [0.5, 0.6) is 0 Å². The maximum atomic E-state index is 10.0. The number of carbonyl (C=O) groups excluding carboxylic acids is 1. The monoisotopic (exact) mass is 169 g/mol. The van der Waals surface area contributed by atoms with Crippen LogP contribution in [0.15, 0.2) is 18.2 Å². The first-order valence-corrected chi connectivity index (χ1v) is 3.76. The number of hydrogen-bond donors (Lipinski definition) is 0. The van der Waals surface area contributed by atoms with E-state index in [-0.39, 0.29) is 0 Å². The fourth-order valence-electron chi connectivity index (χ4n) is 0.796. The van der Waals surface area contributed by atoms with Crippen LogP contribution in [0.4, 0.5) is 0 Å². The number of rotatable bonds is 3. The minimum atomic E-state index is 0.480. The highest BCUT2D eigenvalue weighted by Crippen LogP contribution is 2.05. The molecule has 58 valence electrons. The van der Waals surface area contributed by atoms with Crippen molar-refractivity contribution in [3.8, 4) is 0 Å². The molecular weight excluding hydrogens is 162 g/mol. The molecular formula is C8H8ClNO. The quantitative estimate of drug-likeness (QED) is 0.511. The smallest absolute Gasteiger partial charge is 0.129 e. The molecule has 0 aromatic carbocycles. The van der Waals surface area contributed by atoms with Gasteiger partial charge in [-0.3, -0.25) is 0 Å². The summed E-state index contributed by atoms with van der Waals surface area (Å²) in [6.07, 6.45) is 2.06. The fourth-order valence-corrected chi connectivity index (χ4v) is 0.978. The van der Waals surface area contributed by atoms with Crippen molar-refractivity contribution >= 4 is 17.9 Å². The molecule has 1 rings (SSSR count). The van der Waals surface area contributed by atoms with Crippen LogP contribution < -0.4 is 0 Å². The highest BCUT2D eigenvalue weighted by Gasteiger charge is 1.93. The van der Waals surface area contributed by atoms with Crippen LogP contribution in [0.3, 0.4) is 0 Å². The zero-order chi connectivity index (χ0) is 8.10. The van der Waals surface area contributed by atoms with Gasteiger partial charge in [-0.1, -0.05) is 17.7 Å². The van der Waals surface area contributed by atoms with Gasteiger partial charge in [-0.25, -0.2) is 4.98 Å². The third-order valence-electron chi connectivity index (χ3n) is 1.29.